The third-order valence-electron chi connectivity index (χ3n) is 4.53. The van der Waals surface area contributed by atoms with Crippen LogP contribution in [0.25, 0.3) is 11.2 Å². The van der Waals surface area contributed by atoms with E-state index in [0.29, 0.717) is 11.2 Å². The summed E-state index contributed by atoms with van der Waals surface area (Å²) in [5.74, 6) is 0.276. The second kappa shape index (κ2) is 5.10. The first-order chi connectivity index (χ1) is 11.0. The minimum atomic E-state index is -0.931. The number of nitrogens with two attached hydrogens (primary N) is 1. The predicted octanol–water partition coefficient (Wildman–Crippen LogP) is -0.403. The number of aromatic nitrogens is 4. The van der Waals surface area contributed by atoms with E-state index >= 15 is 0 Å². The highest BCUT2D eigenvalue weighted by atomic mass is 16.6. The van der Waals surface area contributed by atoms with E-state index in [1.165, 1.54) is 6.33 Å². The van der Waals surface area contributed by atoms with Gasteiger partial charge in [0.25, 0.3) is 0 Å². The Kier molecular flexibility index (Phi) is 3.27. The largest absolute Gasteiger partial charge is 0.394 e. The molecule has 2 aliphatic rings. The van der Waals surface area contributed by atoms with Crippen molar-refractivity contribution in [3.05, 3.63) is 12.7 Å². The third kappa shape index (κ3) is 2.36. The molecule has 0 aromatic carbocycles. The predicted molar refractivity (Wildman–Crippen MR) is 79.3 cm³/mol. The van der Waals surface area contributed by atoms with E-state index in [2.05, 4.69) is 15.0 Å². The highest BCUT2D eigenvalue weighted by Gasteiger charge is 2.51. The minimum Gasteiger partial charge on any atom is -0.394 e. The lowest BCUT2D eigenvalue weighted by molar-refractivity contribution is -0.105. The first-order valence-corrected chi connectivity index (χ1v) is 7.58. The molecule has 0 bridgehead atoms. The Morgan fingerprint density at radius 1 is 1.43 bits per heavy atom. The van der Waals surface area contributed by atoms with Crippen LogP contribution < -0.4 is 5.73 Å². The standard InChI is InChI=1S/C14H19N5O4/c1-14(2-3-14)23-10-9(21)7(4-20)22-13(10)19-6-18-8-11(15)16-5-17-12(8)19/h5-7,9-10,13,20-21H,2-4H2,1H3,(H2,15,16,17)/t7?,9?,10?,13-/m1/s1. The first kappa shape index (κ1) is 14.8. The number of ether oxygens (including phenoxy) is 2. The van der Waals surface area contributed by atoms with Crippen molar-refractivity contribution < 1.29 is 19.7 Å². The maximum absolute atomic E-state index is 10.4. The summed E-state index contributed by atoms with van der Waals surface area (Å²) in [6, 6.07) is 0. The van der Waals surface area contributed by atoms with Crippen LogP contribution in [-0.2, 0) is 9.47 Å². The Bertz CT molecular complexity index is 731. The molecule has 3 heterocycles. The summed E-state index contributed by atoms with van der Waals surface area (Å²) in [6.07, 6.45) is 1.86. The topological polar surface area (TPSA) is 129 Å². The van der Waals surface area contributed by atoms with Crippen LogP contribution in [-0.4, -0.2) is 60.3 Å². The number of fused-ring (bicyclic) bond motifs is 1. The number of nitrogens with zero attached hydrogens (tertiary/aromatic N) is 4. The summed E-state index contributed by atoms with van der Waals surface area (Å²) in [5, 5.41) is 19.9. The van der Waals surface area contributed by atoms with E-state index in [-0.39, 0.29) is 18.0 Å². The van der Waals surface area contributed by atoms with Crippen LogP contribution in [0, 0.1) is 0 Å². The van der Waals surface area contributed by atoms with Gasteiger partial charge in [-0.1, -0.05) is 0 Å². The van der Waals surface area contributed by atoms with Crippen LogP contribution in [0.1, 0.15) is 26.0 Å². The van der Waals surface area contributed by atoms with Gasteiger partial charge in [0.1, 0.15) is 30.2 Å². The summed E-state index contributed by atoms with van der Waals surface area (Å²) in [4.78, 5) is 12.3. The SMILES string of the molecule is CC1(OC2C(O)C(CO)O[C@H]2n2cnc3c(N)ncnc32)CC1. The van der Waals surface area contributed by atoms with E-state index in [1.807, 2.05) is 6.92 Å². The molecular formula is C14H19N5O4. The van der Waals surface area contributed by atoms with Gasteiger partial charge in [-0.3, -0.25) is 4.57 Å². The lowest BCUT2D eigenvalue weighted by atomic mass is 10.1. The monoisotopic (exact) mass is 321 g/mol. The number of aliphatic hydroxyl groups excluding tert-OH is 2. The van der Waals surface area contributed by atoms with Crippen molar-refractivity contribution in [2.75, 3.05) is 12.3 Å². The normalized spacial score (nSPS) is 32.5. The molecule has 1 aliphatic carbocycles. The number of imidazole rings is 1. The van der Waals surface area contributed by atoms with Crippen molar-refractivity contribution in [3.8, 4) is 0 Å². The fraction of sp³-hybridized carbons (Fsp3) is 0.643. The van der Waals surface area contributed by atoms with E-state index in [4.69, 9.17) is 15.2 Å². The molecule has 4 N–H and O–H groups in total. The highest BCUT2D eigenvalue weighted by Crippen LogP contribution is 2.44. The van der Waals surface area contributed by atoms with Gasteiger partial charge in [-0.2, -0.15) is 0 Å². The van der Waals surface area contributed by atoms with Gasteiger partial charge in [0.15, 0.2) is 17.7 Å². The molecule has 3 unspecified atom stereocenters. The Morgan fingerprint density at radius 2 is 2.22 bits per heavy atom. The molecule has 1 saturated carbocycles. The molecule has 23 heavy (non-hydrogen) atoms. The smallest absolute Gasteiger partial charge is 0.167 e. The first-order valence-electron chi connectivity index (χ1n) is 7.58. The minimum absolute atomic E-state index is 0.248. The Morgan fingerprint density at radius 3 is 2.91 bits per heavy atom. The molecule has 1 aliphatic heterocycles. The van der Waals surface area contributed by atoms with Crippen molar-refractivity contribution in [2.45, 2.75) is 49.9 Å². The van der Waals surface area contributed by atoms with E-state index in [9.17, 15) is 10.2 Å². The maximum atomic E-state index is 10.4. The number of hydrogen-bond acceptors (Lipinski definition) is 8. The highest BCUT2D eigenvalue weighted by molar-refractivity contribution is 5.81. The third-order valence-corrected chi connectivity index (χ3v) is 4.53. The zero-order valence-electron chi connectivity index (χ0n) is 12.7. The number of hydrogen-bond donors (Lipinski definition) is 3. The number of rotatable bonds is 4. The molecule has 0 amide bonds. The summed E-state index contributed by atoms with van der Waals surface area (Å²) in [7, 11) is 0. The van der Waals surface area contributed by atoms with Gasteiger partial charge in [0.2, 0.25) is 0 Å². The summed E-state index contributed by atoms with van der Waals surface area (Å²) in [5.41, 5.74) is 6.53. The molecule has 9 nitrogen and oxygen atoms in total. The van der Waals surface area contributed by atoms with Gasteiger partial charge in [-0.05, 0) is 19.8 Å². The molecular weight excluding hydrogens is 302 g/mol. The van der Waals surface area contributed by atoms with Crippen molar-refractivity contribution >= 4 is 17.0 Å². The van der Waals surface area contributed by atoms with Crippen molar-refractivity contribution in [3.63, 3.8) is 0 Å². The fourth-order valence-electron chi connectivity index (χ4n) is 2.90. The van der Waals surface area contributed by atoms with Gasteiger partial charge in [-0.15, -0.1) is 0 Å². The zero-order valence-corrected chi connectivity index (χ0v) is 12.7. The number of anilines is 1. The second-order valence-electron chi connectivity index (χ2n) is 6.35. The molecule has 1 saturated heterocycles. The van der Waals surface area contributed by atoms with Crippen molar-refractivity contribution in [1.82, 2.24) is 19.5 Å². The number of nitrogen functional groups attached to an aromatic ring is 1. The molecule has 9 heteroatoms. The summed E-state index contributed by atoms with van der Waals surface area (Å²) < 4.78 is 13.5. The molecule has 4 rings (SSSR count). The van der Waals surface area contributed by atoms with Gasteiger partial charge in [0.05, 0.1) is 18.5 Å². The lowest BCUT2D eigenvalue weighted by Gasteiger charge is -2.25. The molecule has 0 radical (unpaired) electrons. The van der Waals surface area contributed by atoms with E-state index < -0.39 is 24.5 Å². The van der Waals surface area contributed by atoms with Gasteiger partial charge in [-0.25, -0.2) is 15.0 Å². The van der Waals surface area contributed by atoms with Gasteiger partial charge >= 0.3 is 0 Å². The van der Waals surface area contributed by atoms with Crippen LogP contribution in [0.15, 0.2) is 12.7 Å². The Hall–Kier alpha value is -1.81. The van der Waals surface area contributed by atoms with Gasteiger partial charge < -0.3 is 25.4 Å². The molecule has 4 atom stereocenters. The summed E-state index contributed by atoms with van der Waals surface area (Å²) >= 11 is 0. The number of aliphatic hydroxyl groups is 2. The lowest BCUT2D eigenvalue weighted by Crippen LogP contribution is -2.38. The van der Waals surface area contributed by atoms with Crippen LogP contribution in [0.5, 0.6) is 0 Å². The molecule has 124 valence electrons. The molecule has 2 fully saturated rings. The molecule has 0 spiro atoms. The molecule has 2 aromatic heterocycles. The van der Waals surface area contributed by atoms with Crippen LogP contribution in [0.3, 0.4) is 0 Å². The zero-order chi connectivity index (χ0) is 16.2. The van der Waals surface area contributed by atoms with Crippen molar-refractivity contribution in [2.24, 2.45) is 0 Å². The average molecular weight is 321 g/mol. The summed E-state index contributed by atoms with van der Waals surface area (Å²) in [6.45, 7) is 1.70. The Labute approximate surface area is 132 Å². The van der Waals surface area contributed by atoms with Gasteiger partial charge in [0, 0.05) is 0 Å². The van der Waals surface area contributed by atoms with E-state index in [0.717, 1.165) is 12.8 Å². The molecule has 2 aromatic rings. The van der Waals surface area contributed by atoms with E-state index in [1.54, 1.807) is 10.9 Å². The second-order valence-corrected chi connectivity index (χ2v) is 6.35. The average Bonchev–Trinajstić information content (AvgIpc) is 2.98. The van der Waals surface area contributed by atoms with Crippen molar-refractivity contribution in [1.29, 1.82) is 0 Å². The van der Waals surface area contributed by atoms with Crippen LogP contribution in [0.4, 0.5) is 5.82 Å². The van der Waals surface area contributed by atoms with Crippen LogP contribution >= 0.6 is 0 Å². The maximum Gasteiger partial charge on any atom is 0.167 e. The van der Waals surface area contributed by atoms with Crippen LogP contribution in [0.2, 0.25) is 0 Å². The quantitative estimate of drug-likeness (QED) is 0.693. The fourth-order valence-corrected chi connectivity index (χ4v) is 2.90. The Balaban J connectivity index is 1.73.